The van der Waals surface area contributed by atoms with Crippen molar-refractivity contribution < 1.29 is 14.3 Å². The predicted molar refractivity (Wildman–Crippen MR) is 78.1 cm³/mol. The Bertz CT molecular complexity index is 650. The maximum atomic E-state index is 12.1. The molecule has 2 aromatic rings. The Balaban J connectivity index is 1.80. The fourth-order valence-electron chi connectivity index (χ4n) is 2.48. The highest BCUT2D eigenvalue weighted by Gasteiger charge is 2.37. The van der Waals surface area contributed by atoms with Crippen molar-refractivity contribution in [1.29, 1.82) is 0 Å². The van der Waals surface area contributed by atoms with Crippen molar-refractivity contribution in [3.8, 4) is 0 Å². The minimum absolute atomic E-state index is 0.0710. The average molecular weight is 305 g/mol. The van der Waals surface area contributed by atoms with Crippen LogP contribution in [0, 0.1) is 5.92 Å². The van der Waals surface area contributed by atoms with Crippen LogP contribution in [0.4, 0.5) is 5.82 Å². The number of aromatic nitrogens is 2. The van der Waals surface area contributed by atoms with Crippen LogP contribution in [0.2, 0.25) is 0 Å². The number of carbonyl (C=O) groups is 2. The van der Waals surface area contributed by atoms with E-state index in [0.29, 0.717) is 13.1 Å². The van der Waals surface area contributed by atoms with Gasteiger partial charge in [0, 0.05) is 23.9 Å². The SMILES string of the molecule is COC(=O)C1CC(=O)N(c2ccnn2Cc2cccs2)C1. The first-order valence-corrected chi connectivity index (χ1v) is 7.49. The molecule has 0 aliphatic carbocycles. The van der Waals surface area contributed by atoms with Crippen molar-refractivity contribution >= 4 is 29.0 Å². The first kappa shape index (κ1) is 13.8. The Morgan fingerprint density at radius 2 is 2.38 bits per heavy atom. The normalized spacial score (nSPS) is 18.2. The second-order valence-corrected chi connectivity index (χ2v) is 5.89. The maximum Gasteiger partial charge on any atom is 0.311 e. The van der Waals surface area contributed by atoms with Crippen LogP contribution in [0.5, 0.6) is 0 Å². The summed E-state index contributed by atoms with van der Waals surface area (Å²) in [5.74, 6) is -0.0825. The number of thiophene rings is 1. The summed E-state index contributed by atoms with van der Waals surface area (Å²) in [4.78, 5) is 26.5. The summed E-state index contributed by atoms with van der Waals surface area (Å²) in [6, 6.07) is 5.81. The molecule has 21 heavy (non-hydrogen) atoms. The van der Waals surface area contributed by atoms with Crippen LogP contribution in [-0.2, 0) is 20.9 Å². The average Bonchev–Trinajstić information content (AvgIpc) is 3.19. The first-order chi connectivity index (χ1) is 10.2. The molecular formula is C14H15N3O3S. The van der Waals surface area contributed by atoms with Gasteiger partial charge in [-0.3, -0.25) is 14.5 Å². The van der Waals surface area contributed by atoms with Crippen LogP contribution in [0.1, 0.15) is 11.3 Å². The number of methoxy groups -OCH3 is 1. The molecule has 6 nitrogen and oxygen atoms in total. The molecule has 0 bridgehead atoms. The van der Waals surface area contributed by atoms with E-state index in [2.05, 4.69) is 5.10 Å². The van der Waals surface area contributed by atoms with Gasteiger partial charge in [0.2, 0.25) is 5.91 Å². The lowest BCUT2D eigenvalue weighted by Crippen LogP contribution is -2.28. The molecule has 7 heteroatoms. The summed E-state index contributed by atoms with van der Waals surface area (Å²) in [7, 11) is 1.34. The molecule has 0 aromatic carbocycles. The van der Waals surface area contributed by atoms with Gasteiger partial charge < -0.3 is 4.74 Å². The van der Waals surface area contributed by atoms with Crippen LogP contribution >= 0.6 is 11.3 Å². The van der Waals surface area contributed by atoms with E-state index in [9.17, 15) is 9.59 Å². The molecule has 1 aliphatic heterocycles. The minimum atomic E-state index is -0.396. The molecule has 3 rings (SSSR count). The van der Waals surface area contributed by atoms with Crippen molar-refractivity contribution in [2.75, 3.05) is 18.6 Å². The molecule has 1 atom stereocenters. The van der Waals surface area contributed by atoms with E-state index in [-0.39, 0.29) is 18.3 Å². The Hall–Kier alpha value is -2.15. The first-order valence-electron chi connectivity index (χ1n) is 6.61. The van der Waals surface area contributed by atoms with Gasteiger partial charge >= 0.3 is 5.97 Å². The minimum Gasteiger partial charge on any atom is -0.469 e. The molecule has 1 fully saturated rings. The smallest absolute Gasteiger partial charge is 0.311 e. The van der Waals surface area contributed by atoms with Crippen molar-refractivity contribution in [3.05, 3.63) is 34.7 Å². The third-order valence-electron chi connectivity index (χ3n) is 3.52. The Morgan fingerprint density at radius 1 is 1.52 bits per heavy atom. The standard InChI is InChI=1S/C14H15N3O3S/c1-20-14(19)10-7-13(18)16(8-10)12-4-5-15-17(12)9-11-3-2-6-21-11/h2-6,10H,7-9H2,1H3. The van der Waals surface area contributed by atoms with E-state index >= 15 is 0 Å². The van der Waals surface area contributed by atoms with Gasteiger partial charge in [0.1, 0.15) is 5.82 Å². The summed E-state index contributed by atoms with van der Waals surface area (Å²) in [5, 5.41) is 6.28. The second-order valence-electron chi connectivity index (χ2n) is 4.85. The van der Waals surface area contributed by atoms with E-state index in [0.717, 1.165) is 10.7 Å². The highest BCUT2D eigenvalue weighted by molar-refractivity contribution is 7.09. The van der Waals surface area contributed by atoms with E-state index in [1.807, 2.05) is 17.5 Å². The lowest BCUT2D eigenvalue weighted by Gasteiger charge is -2.17. The van der Waals surface area contributed by atoms with Crippen molar-refractivity contribution in [2.24, 2.45) is 5.92 Å². The van der Waals surface area contributed by atoms with Crippen LogP contribution < -0.4 is 4.90 Å². The number of hydrogen-bond acceptors (Lipinski definition) is 5. The number of hydrogen-bond donors (Lipinski definition) is 0. The van der Waals surface area contributed by atoms with Gasteiger partial charge in [-0.05, 0) is 11.4 Å². The van der Waals surface area contributed by atoms with Gasteiger partial charge in [-0.1, -0.05) is 6.07 Å². The topological polar surface area (TPSA) is 64.4 Å². The molecule has 0 N–H and O–H groups in total. The zero-order valence-corrected chi connectivity index (χ0v) is 12.4. The Labute approximate surface area is 125 Å². The van der Waals surface area contributed by atoms with E-state index in [4.69, 9.17) is 4.74 Å². The van der Waals surface area contributed by atoms with Crippen LogP contribution in [0.25, 0.3) is 0 Å². The highest BCUT2D eigenvalue weighted by atomic mass is 32.1. The number of ether oxygens (including phenoxy) is 1. The lowest BCUT2D eigenvalue weighted by atomic mass is 10.1. The monoisotopic (exact) mass is 305 g/mol. The summed E-state index contributed by atoms with van der Waals surface area (Å²) in [6.45, 7) is 0.967. The quantitative estimate of drug-likeness (QED) is 0.803. The van der Waals surface area contributed by atoms with E-state index in [1.165, 1.54) is 7.11 Å². The molecule has 2 aromatic heterocycles. The lowest BCUT2D eigenvalue weighted by molar-refractivity contribution is -0.145. The molecule has 1 unspecified atom stereocenters. The van der Waals surface area contributed by atoms with Crippen LogP contribution in [-0.4, -0.2) is 35.3 Å². The zero-order chi connectivity index (χ0) is 14.8. The van der Waals surface area contributed by atoms with Gasteiger partial charge in [-0.15, -0.1) is 11.3 Å². The molecule has 1 aliphatic rings. The maximum absolute atomic E-state index is 12.1. The molecule has 0 saturated carbocycles. The Kier molecular flexibility index (Phi) is 3.74. The van der Waals surface area contributed by atoms with E-state index in [1.54, 1.807) is 33.2 Å². The predicted octanol–water partition coefficient (Wildman–Crippen LogP) is 1.52. The zero-order valence-electron chi connectivity index (χ0n) is 11.6. The molecule has 1 saturated heterocycles. The molecule has 1 amide bonds. The Morgan fingerprint density at radius 3 is 3.10 bits per heavy atom. The third kappa shape index (κ3) is 2.69. The molecular weight excluding hydrogens is 290 g/mol. The largest absolute Gasteiger partial charge is 0.469 e. The van der Waals surface area contributed by atoms with Gasteiger partial charge in [0.05, 0.1) is 25.8 Å². The summed E-state index contributed by atoms with van der Waals surface area (Å²) in [5.41, 5.74) is 0. The second kappa shape index (κ2) is 5.69. The number of esters is 1. The summed E-state index contributed by atoms with van der Waals surface area (Å²) in [6.07, 6.45) is 1.86. The summed E-state index contributed by atoms with van der Waals surface area (Å²) < 4.78 is 6.51. The van der Waals surface area contributed by atoms with Gasteiger partial charge in [0.15, 0.2) is 0 Å². The number of carbonyl (C=O) groups excluding carboxylic acids is 2. The highest BCUT2D eigenvalue weighted by Crippen LogP contribution is 2.26. The van der Waals surface area contributed by atoms with Crippen molar-refractivity contribution in [3.63, 3.8) is 0 Å². The van der Waals surface area contributed by atoms with Crippen molar-refractivity contribution in [1.82, 2.24) is 9.78 Å². The van der Waals surface area contributed by atoms with Gasteiger partial charge in [-0.25, -0.2) is 4.68 Å². The fourth-order valence-corrected chi connectivity index (χ4v) is 3.17. The molecule has 0 spiro atoms. The summed E-state index contributed by atoms with van der Waals surface area (Å²) >= 11 is 1.64. The fraction of sp³-hybridized carbons (Fsp3) is 0.357. The molecule has 3 heterocycles. The van der Waals surface area contributed by atoms with Crippen LogP contribution in [0.15, 0.2) is 29.8 Å². The third-order valence-corrected chi connectivity index (χ3v) is 4.38. The number of amides is 1. The van der Waals surface area contributed by atoms with Gasteiger partial charge in [-0.2, -0.15) is 5.10 Å². The number of nitrogens with zero attached hydrogens (tertiary/aromatic N) is 3. The number of rotatable bonds is 4. The van der Waals surface area contributed by atoms with Gasteiger partial charge in [0.25, 0.3) is 0 Å². The molecule has 110 valence electrons. The van der Waals surface area contributed by atoms with Crippen molar-refractivity contribution in [2.45, 2.75) is 13.0 Å². The molecule has 0 radical (unpaired) electrons. The number of anilines is 1. The van der Waals surface area contributed by atoms with Crippen LogP contribution in [0.3, 0.4) is 0 Å². The van der Waals surface area contributed by atoms with E-state index < -0.39 is 5.92 Å².